The van der Waals surface area contributed by atoms with Gasteiger partial charge < -0.3 is 5.32 Å². The van der Waals surface area contributed by atoms with Crippen LogP contribution in [0.25, 0.3) is 0 Å². The Labute approximate surface area is 75.6 Å². The van der Waals surface area contributed by atoms with E-state index in [0.717, 1.165) is 13.0 Å². The smallest absolute Gasteiger partial charge is 0.0287 e. The van der Waals surface area contributed by atoms with Gasteiger partial charge >= 0.3 is 0 Å². The molecule has 0 fully saturated rings. The van der Waals surface area contributed by atoms with Crippen molar-refractivity contribution in [1.82, 2.24) is 5.32 Å². The molecule has 68 valence electrons. The van der Waals surface area contributed by atoms with Crippen LogP contribution in [-0.2, 0) is 0 Å². The van der Waals surface area contributed by atoms with E-state index in [-0.39, 0.29) is 0 Å². The molecule has 1 aliphatic rings. The molecule has 1 unspecified atom stereocenters. The minimum Gasteiger partial charge on any atom is -0.310 e. The molecular weight excluding hydrogens is 146 g/mol. The van der Waals surface area contributed by atoms with Crippen LogP contribution < -0.4 is 5.32 Å². The Morgan fingerprint density at radius 3 is 2.92 bits per heavy atom. The number of unbranched alkanes of at least 4 members (excludes halogenated alkanes) is 2. The van der Waals surface area contributed by atoms with E-state index in [9.17, 15) is 0 Å². The van der Waals surface area contributed by atoms with Gasteiger partial charge in [0.05, 0.1) is 0 Å². The van der Waals surface area contributed by atoms with E-state index in [2.05, 4.69) is 36.5 Å². The van der Waals surface area contributed by atoms with Crippen LogP contribution in [0, 0.1) is 0 Å². The molecule has 1 heteroatoms. The summed E-state index contributed by atoms with van der Waals surface area (Å²) in [5, 5.41) is 3.52. The normalized spacial score (nSPS) is 21.6. The maximum atomic E-state index is 3.52. The third kappa shape index (κ3) is 3.72. The molecule has 1 nitrogen and oxygen atoms in total. The van der Waals surface area contributed by atoms with E-state index in [1.807, 2.05) is 0 Å². The van der Waals surface area contributed by atoms with E-state index in [1.54, 1.807) is 0 Å². The molecular formula is C11H19N. The highest BCUT2D eigenvalue weighted by Crippen LogP contribution is 2.02. The van der Waals surface area contributed by atoms with Gasteiger partial charge in [0.1, 0.15) is 0 Å². The molecule has 0 amide bonds. The Hall–Kier alpha value is -0.560. The van der Waals surface area contributed by atoms with Crippen LogP contribution in [0.5, 0.6) is 0 Å². The zero-order valence-electron chi connectivity index (χ0n) is 7.92. The topological polar surface area (TPSA) is 12.0 Å². The number of hydrogen-bond acceptors (Lipinski definition) is 1. The molecule has 1 aliphatic carbocycles. The minimum atomic E-state index is 0.590. The first-order chi connectivity index (χ1) is 5.93. The van der Waals surface area contributed by atoms with Gasteiger partial charge in [-0.2, -0.15) is 0 Å². The second-order valence-corrected chi connectivity index (χ2v) is 3.32. The van der Waals surface area contributed by atoms with Crippen LogP contribution in [0.3, 0.4) is 0 Å². The van der Waals surface area contributed by atoms with Crippen molar-refractivity contribution in [3.05, 3.63) is 24.3 Å². The molecule has 12 heavy (non-hydrogen) atoms. The lowest BCUT2D eigenvalue weighted by molar-refractivity contribution is 0.559. The molecule has 0 aromatic rings. The molecule has 0 radical (unpaired) electrons. The van der Waals surface area contributed by atoms with Gasteiger partial charge in [-0.05, 0) is 19.4 Å². The van der Waals surface area contributed by atoms with Crippen LogP contribution in [-0.4, -0.2) is 12.6 Å². The molecule has 0 aromatic carbocycles. The average molecular weight is 165 g/mol. The van der Waals surface area contributed by atoms with Crippen molar-refractivity contribution in [3.63, 3.8) is 0 Å². The summed E-state index contributed by atoms with van der Waals surface area (Å²) in [5.41, 5.74) is 0. The van der Waals surface area contributed by atoms with Crippen molar-refractivity contribution in [1.29, 1.82) is 0 Å². The molecule has 0 bridgehead atoms. The summed E-state index contributed by atoms with van der Waals surface area (Å²) in [6.07, 6.45) is 13.8. The maximum absolute atomic E-state index is 3.52. The van der Waals surface area contributed by atoms with Gasteiger partial charge in [-0.3, -0.25) is 0 Å². The van der Waals surface area contributed by atoms with Crippen molar-refractivity contribution in [3.8, 4) is 0 Å². The lowest BCUT2D eigenvalue weighted by Crippen LogP contribution is -2.28. The summed E-state index contributed by atoms with van der Waals surface area (Å²) in [4.78, 5) is 0. The number of nitrogens with one attached hydrogen (secondary N) is 1. The van der Waals surface area contributed by atoms with Crippen molar-refractivity contribution in [2.24, 2.45) is 0 Å². The van der Waals surface area contributed by atoms with E-state index in [1.165, 1.54) is 19.3 Å². The average Bonchev–Trinajstić information content (AvgIpc) is 2.14. The molecule has 0 heterocycles. The van der Waals surface area contributed by atoms with Crippen LogP contribution in [0.15, 0.2) is 24.3 Å². The Kier molecular flexibility index (Phi) is 4.77. The summed E-state index contributed by atoms with van der Waals surface area (Å²) in [7, 11) is 0. The standard InChI is InChI=1S/C11H19N/c1-2-3-7-10-12-11-8-5-4-6-9-11/h4-6,8,11-12H,2-3,7,9-10H2,1H3. The zero-order valence-corrected chi connectivity index (χ0v) is 7.92. The van der Waals surface area contributed by atoms with Gasteiger partial charge in [0, 0.05) is 6.04 Å². The summed E-state index contributed by atoms with van der Waals surface area (Å²) in [6, 6.07) is 0.590. The third-order valence-corrected chi connectivity index (χ3v) is 2.17. The molecule has 1 N–H and O–H groups in total. The first kappa shape index (κ1) is 9.53. The Morgan fingerprint density at radius 1 is 1.33 bits per heavy atom. The second kappa shape index (κ2) is 6.01. The summed E-state index contributed by atoms with van der Waals surface area (Å²) in [6.45, 7) is 3.40. The van der Waals surface area contributed by atoms with Crippen molar-refractivity contribution in [2.75, 3.05) is 6.54 Å². The summed E-state index contributed by atoms with van der Waals surface area (Å²) >= 11 is 0. The highest BCUT2D eigenvalue weighted by molar-refractivity contribution is 5.13. The van der Waals surface area contributed by atoms with Gasteiger partial charge in [0.25, 0.3) is 0 Å². The lowest BCUT2D eigenvalue weighted by Gasteiger charge is -2.14. The summed E-state index contributed by atoms with van der Waals surface area (Å²) in [5.74, 6) is 0. The van der Waals surface area contributed by atoms with Crippen LogP contribution >= 0.6 is 0 Å². The van der Waals surface area contributed by atoms with Gasteiger partial charge in [-0.25, -0.2) is 0 Å². The number of rotatable bonds is 5. The third-order valence-electron chi connectivity index (χ3n) is 2.17. The SMILES string of the molecule is CCCCCNC1C=CC=CC1. The largest absolute Gasteiger partial charge is 0.310 e. The van der Waals surface area contributed by atoms with Crippen molar-refractivity contribution in [2.45, 2.75) is 38.6 Å². The highest BCUT2D eigenvalue weighted by Gasteiger charge is 2.01. The Bertz CT molecular complexity index is 158. The van der Waals surface area contributed by atoms with E-state index in [0.29, 0.717) is 6.04 Å². The molecule has 0 saturated heterocycles. The molecule has 0 saturated carbocycles. The minimum absolute atomic E-state index is 0.590. The van der Waals surface area contributed by atoms with E-state index < -0.39 is 0 Å². The van der Waals surface area contributed by atoms with Gasteiger partial charge in [-0.1, -0.05) is 44.1 Å². The Morgan fingerprint density at radius 2 is 2.25 bits per heavy atom. The number of allylic oxidation sites excluding steroid dienone is 2. The lowest BCUT2D eigenvalue weighted by atomic mass is 10.1. The van der Waals surface area contributed by atoms with Crippen molar-refractivity contribution < 1.29 is 0 Å². The summed E-state index contributed by atoms with van der Waals surface area (Å²) < 4.78 is 0. The molecule has 0 spiro atoms. The number of hydrogen-bond donors (Lipinski definition) is 1. The second-order valence-electron chi connectivity index (χ2n) is 3.32. The van der Waals surface area contributed by atoms with Gasteiger partial charge in [0.2, 0.25) is 0 Å². The van der Waals surface area contributed by atoms with Crippen LogP contribution in [0.4, 0.5) is 0 Å². The predicted octanol–water partition coefficient (Wildman–Crippen LogP) is 2.65. The predicted molar refractivity (Wildman–Crippen MR) is 54.2 cm³/mol. The van der Waals surface area contributed by atoms with E-state index >= 15 is 0 Å². The van der Waals surface area contributed by atoms with Gasteiger partial charge in [-0.15, -0.1) is 0 Å². The molecule has 1 atom stereocenters. The molecule has 0 aliphatic heterocycles. The fraction of sp³-hybridized carbons (Fsp3) is 0.636. The van der Waals surface area contributed by atoms with Crippen LogP contribution in [0.2, 0.25) is 0 Å². The monoisotopic (exact) mass is 165 g/mol. The maximum Gasteiger partial charge on any atom is 0.0287 e. The first-order valence-corrected chi connectivity index (χ1v) is 5.00. The first-order valence-electron chi connectivity index (χ1n) is 5.00. The van der Waals surface area contributed by atoms with Crippen molar-refractivity contribution >= 4 is 0 Å². The van der Waals surface area contributed by atoms with Crippen LogP contribution in [0.1, 0.15) is 32.6 Å². The quantitative estimate of drug-likeness (QED) is 0.617. The molecule has 0 aromatic heterocycles. The van der Waals surface area contributed by atoms with Gasteiger partial charge in [0.15, 0.2) is 0 Å². The highest BCUT2D eigenvalue weighted by atomic mass is 14.9. The van der Waals surface area contributed by atoms with E-state index in [4.69, 9.17) is 0 Å². The molecule has 1 rings (SSSR count). The zero-order chi connectivity index (χ0) is 8.65. The fourth-order valence-corrected chi connectivity index (χ4v) is 1.39. The Balaban J connectivity index is 2.00. The fourth-order valence-electron chi connectivity index (χ4n) is 1.39.